The van der Waals surface area contributed by atoms with E-state index in [0.717, 1.165) is 5.57 Å². The maximum absolute atomic E-state index is 11.4. The summed E-state index contributed by atoms with van der Waals surface area (Å²) in [4.78, 5) is 21.9. The molecule has 2 nitrogen and oxygen atoms in total. The Morgan fingerprint density at radius 2 is 2.13 bits per heavy atom. The molecule has 0 saturated heterocycles. The van der Waals surface area contributed by atoms with Crippen molar-refractivity contribution in [3.05, 3.63) is 33.4 Å². The van der Waals surface area contributed by atoms with Crippen LogP contribution in [-0.4, -0.2) is 12.1 Å². The summed E-state index contributed by atoms with van der Waals surface area (Å²) >= 11 is 11.7. The molecule has 4 heteroatoms. The zero-order valence-electron chi connectivity index (χ0n) is 7.72. The number of allylic oxidation sites excluding steroid dienone is 6. The van der Waals surface area contributed by atoms with Gasteiger partial charge in [-0.25, -0.2) is 0 Å². The number of hydrogen-bond donors (Lipinski definition) is 0. The van der Waals surface area contributed by atoms with Crippen molar-refractivity contribution in [2.45, 2.75) is 12.8 Å². The van der Waals surface area contributed by atoms with E-state index in [9.17, 15) is 9.59 Å². The van der Waals surface area contributed by atoms with E-state index in [0.29, 0.717) is 17.0 Å². The van der Waals surface area contributed by atoms with Crippen LogP contribution < -0.4 is 0 Å². The third-order valence-corrected chi connectivity index (χ3v) is 3.28. The predicted octanol–water partition coefficient (Wildman–Crippen LogP) is 2.63. The van der Waals surface area contributed by atoms with Crippen LogP contribution in [0.3, 0.4) is 0 Å². The summed E-state index contributed by atoms with van der Waals surface area (Å²) < 4.78 is 0. The van der Waals surface area contributed by atoms with Crippen molar-refractivity contribution < 1.29 is 9.59 Å². The van der Waals surface area contributed by atoms with Gasteiger partial charge in [-0.2, -0.15) is 0 Å². The molecular formula is C11H7Cl2O2. The molecule has 0 bridgehead atoms. The fourth-order valence-corrected chi connectivity index (χ4v) is 2.37. The van der Waals surface area contributed by atoms with Crippen LogP contribution in [0.5, 0.6) is 0 Å². The molecule has 0 aliphatic heterocycles. The number of carbonyl (C=O) groups excluding carboxylic acids is 2. The van der Waals surface area contributed by atoms with Crippen LogP contribution in [0.4, 0.5) is 0 Å². The van der Waals surface area contributed by atoms with E-state index < -0.39 is 0 Å². The second-order valence-electron chi connectivity index (χ2n) is 3.57. The maximum atomic E-state index is 11.4. The fourth-order valence-electron chi connectivity index (χ4n) is 1.82. The molecule has 0 heterocycles. The SMILES string of the molecule is O=[C]C1=CC(Cl)=C2CC(=O)C(Cl)=CC2C1. The zero-order chi connectivity index (χ0) is 11.0. The highest BCUT2D eigenvalue weighted by Crippen LogP contribution is 2.38. The highest BCUT2D eigenvalue weighted by molar-refractivity contribution is 6.43. The number of Topliss-reactive ketones (excluding diaryl/α,β-unsaturated/α-hetero) is 1. The summed E-state index contributed by atoms with van der Waals surface area (Å²) in [5, 5.41) is 0.707. The van der Waals surface area contributed by atoms with Crippen molar-refractivity contribution in [2.24, 2.45) is 5.92 Å². The lowest BCUT2D eigenvalue weighted by Crippen LogP contribution is -2.18. The first-order valence-corrected chi connectivity index (χ1v) is 5.25. The lowest BCUT2D eigenvalue weighted by molar-refractivity contribution is -0.114. The van der Waals surface area contributed by atoms with Gasteiger partial charge in [-0.05, 0) is 18.1 Å². The Balaban J connectivity index is 2.44. The number of halogens is 2. The molecule has 0 N–H and O–H groups in total. The number of ketones is 1. The van der Waals surface area contributed by atoms with Crippen molar-refractivity contribution in [3.8, 4) is 0 Å². The summed E-state index contributed by atoms with van der Waals surface area (Å²) in [5.41, 5.74) is 1.37. The fraction of sp³-hybridized carbons (Fsp3) is 0.273. The molecule has 0 spiro atoms. The molecule has 77 valence electrons. The zero-order valence-corrected chi connectivity index (χ0v) is 9.23. The van der Waals surface area contributed by atoms with Crippen LogP contribution >= 0.6 is 23.2 Å². The molecule has 2 rings (SSSR count). The number of fused-ring (bicyclic) bond motifs is 1. The molecule has 0 aromatic rings. The Kier molecular flexibility index (Phi) is 2.81. The topological polar surface area (TPSA) is 34.1 Å². The highest BCUT2D eigenvalue weighted by atomic mass is 35.5. The summed E-state index contributed by atoms with van der Waals surface area (Å²) in [7, 11) is 0. The van der Waals surface area contributed by atoms with Crippen LogP contribution in [0, 0.1) is 5.92 Å². The maximum Gasteiger partial charge on any atom is 0.229 e. The van der Waals surface area contributed by atoms with Crippen LogP contribution in [0.25, 0.3) is 0 Å². The van der Waals surface area contributed by atoms with E-state index in [-0.39, 0.29) is 23.2 Å². The summed E-state index contributed by atoms with van der Waals surface area (Å²) in [6.45, 7) is 0. The molecular weight excluding hydrogens is 235 g/mol. The van der Waals surface area contributed by atoms with Crippen LogP contribution in [0.15, 0.2) is 33.4 Å². The van der Waals surface area contributed by atoms with E-state index in [1.807, 2.05) is 6.29 Å². The highest BCUT2D eigenvalue weighted by Gasteiger charge is 2.29. The van der Waals surface area contributed by atoms with E-state index in [4.69, 9.17) is 23.2 Å². The largest absolute Gasteiger partial charge is 0.293 e. The summed E-state index contributed by atoms with van der Waals surface area (Å²) in [5.74, 6) is -0.142. The summed E-state index contributed by atoms with van der Waals surface area (Å²) in [6, 6.07) is 0. The Morgan fingerprint density at radius 1 is 1.40 bits per heavy atom. The van der Waals surface area contributed by atoms with Crippen molar-refractivity contribution in [1.82, 2.24) is 0 Å². The van der Waals surface area contributed by atoms with Crippen molar-refractivity contribution in [2.75, 3.05) is 0 Å². The van der Waals surface area contributed by atoms with E-state index in [1.54, 1.807) is 12.2 Å². The molecule has 15 heavy (non-hydrogen) atoms. The van der Waals surface area contributed by atoms with Gasteiger partial charge in [0.15, 0.2) is 5.78 Å². The Hall–Kier alpha value is -0.860. The van der Waals surface area contributed by atoms with Gasteiger partial charge < -0.3 is 0 Å². The lowest BCUT2D eigenvalue weighted by atomic mass is 9.81. The molecule has 2 aliphatic carbocycles. The van der Waals surface area contributed by atoms with Gasteiger partial charge in [-0.3, -0.25) is 9.59 Å². The second kappa shape index (κ2) is 3.95. The third-order valence-electron chi connectivity index (χ3n) is 2.59. The molecule has 0 amide bonds. The molecule has 0 aromatic carbocycles. The van der Waals surface area contributed by atoms with Gasteiger partial charge in [0.05, 0.1) is 5.03 Å². The predicted molar refractivity (Wildman–Crippen MR) is 58.3 cm³/mol. The standard InChI is InChI=1S/C11H7Cl2O2/c12-9-2-6(5-14)1-7-3-10(13)11(15)4-8(7)9/h2-3,7H,1,4H2. The molecule has 1 unspecified atom stereocenters. The summed E-state index contributed by atoms with van der Waals surface area (Å²) in [6.07, 6.45) is 5.84. The van der Waals surface area contributed by atoms with Crippen LogP contribution in [0.1, 0.15) is 12.8 Å². The van der Waals surface area contributed by atoms with E-state index in [1.165, 1.54) is 0 Å². The van der Waals surface area contributed by atoms with Gasteiger partial charge in [0, 0.05) is 22.9 Å². The Bertz CT molecular complexity index is 430. The van der Waals surface area contributed by atoms with E-state index in [2.05, 4.69) is 0 Å². The average Bonchev–Trinajstić information content (AvgIpc) is 2.21. The lowest BCUT2D eigenvalue weighted by Gasteiger charge is -2.25. The average molecular weight is 242 g/mol. The number of rotatable bonds is 1. The minimum atomic E-state index is -0.118. The third kappa shape index (κ3) is 1.92. The molecule has 0 fully saturated rings. The van der Waals surface area contributed by atoms with Crippen LogP contribution in [-0.2, 0) is 9.59 Å². The van der Waals surface area contributed by atoms with Gasteiger partial charge in [-0.1, -0.05) is 29.3 Å². The molecule has 0 aromatic heterocycles. The van der Waals surface area contributed by atoms with Crippen molar-refractivity contribution in [3.63, 3.8) is 0 Å². The molecule has 1 atom stereocenters. The normalized spacial score (nSPS) is 25.7. The molecule has 1 radical (unpaired) electrons. The van der Waals surface area contributed by atoms with Gasteiger partial charge in [-0.15, -0.1) is 0 Å². The van der Waals surface area contributed by atoms with Crippen molar-refractivity contribution in [1.29, 1.82) is 0 Å². The smallest absolute Gasteiger partial charge is 0.229 e. The van der Waals surface area contributed by atoms with Gasteiger partial charge in [0.1, 0.15) is 0 Å². The minimum absolute atomic E-state index is 0.0239. The first-order valence-electron chi connectivity index (χ1n) is 4.49. The molecule has 2 aliphatic rings. The minimum Gasteiger partial charge on any atom is -0.293 e. The van der Waals surface area contributed by atoms with Gasteiger partial charge >= 0.3 is 0 Å². The Labute approximate surface area is 97.2 Å². The van der Waals surface area contributed by atoms with E-state index >= 15 is 0 Å². The second-order valence-corrected chi connectivity index (χ2v) is 4.38. The monoisotopic (exact) mass is 241 g/mol. The van der Waals surface area contributed by atoms with Crippen molar-refractivity contribution >= 4 is 35.3 Å². The first-order chi connectivity index (χ1) is 7.11. The Morgan fingerprint density at radius 3 is 2.80 bits per heavy atom. The quantitative estimate of drug-likeness (QED) is 0.708. The molecule has 0 saturated carbocycles. The van der Waals surface area contributed by atoms with Gasteiger partial charge in [0.25, 0.3) is 0 Å². The first kappa shape index (κ1) is 10.7. The number of carbonyl (C=O) groups is 1. The number of hydrogen-bond acceptors (Lipinski definition) is 2. The van der Waals surface area contributed by atoms with Crippen LogP contribution in [0.2, 0.25) is 0 Å². The van der Waals surface area contributed by atoms with Gasteiger partial charge in [0.2, 0.25) is 6.29 Å².